The summed E-state index contributed by atoms with van der Waals surface area (Å²) in [4.78, 5) is 43.2. The number of fused-ring (bicyclic) bond motifs is 1. The highest BCUT2D eigenvalue weighted by Gasteiger charge is 2.36. The number of pyridine rings is 2. The standard InChI is InChI=1S/C33H42F3N9O4/c1-7-49-31-22(33(34,35)36)12-21(14-39-31)23-13-25(43(5)18-32(3,4)19-48-6)28-30(40-23)42-29(41-28)24-15-38-26(16-37-24)45-11-10-44(20(2)17-45)9-8-27(46)47/h12-16,20H,7-11,17-19H2,1-6H3,(H,46,47)(H,40,41,42)/t20-/m0/s1. The number of halogens is 3. The number of piperazine rings is 1. The van der Waals surface area contributed by atoms with Crippen molar-refractivity contribution in [1.29, 1.82) is 0 Å². The van der Waals surface area contributed by atoms with Crippen molar-refractivity contribution in [2.45, 2.75) is 46.3 Å². The highest BCUT2D eigenvalue weighted by Crippen LogP contribution is 2.39. The number of carboxylic acid groups (broad SMARTS) is 1. The fourth-order valence-corrected chi connectivity index (χ4v) is 6.13. The largest absolute Gasteiger partial charge is 0.481 e. The van der Waals surface area contributed by atoms with Crippen LogP contribution >= 0.6 is 0 Å². The second-order valence-corrected chi connectivity index (χ2v) is 13.0. The van der Waals surface area contributed by atoms with Crippen LogP contribution in [0.15, 0.2) is 30.7 Å². The normalized spacial score (nSPS) is 15.9. The zero-order chi connectivity index (χ0) is 35.5. The number of alkyl halides is 3. The van der Waals surface area contributed by atoms with Gasteiger partial charge in [0.25, 0.3) is 0 Å². The van der Waals surface area contributed by atoms with Crippen molar-refractivity contribution < 1.29 is 32.5 Å². The van der Waals surface area contributed by atoms with E-state index < -0.39 is 23.6 Å². The second kappa shape index (κ2) is 14.5. The van der Waals surface area contributed by atoms with Crippen LogP contribution in [0.25, 0.3) is 33.9 Å². The summed E-state index contributed by atoms with van der Waals surface area (Å²) in [5, 5.41) is 9.04. The van der Waals surface area contributed by atoms with E-state index in [1.165, 1.54) is 6.20 Å². The Balaban J connectivity index is 1.49. The predicted molar refractivity (Wildman–Crippen MR) is 179 cm³/mol. The molecule has 0 radical (unpaired) electrons. The fraction of sp³-hybridized carbons (Fsp3) is 0.515. The van der Waals surface area contributed by atoms with Crippen LogP contribution in [0.5, 0.6) is 5.88 Å². The Morgan fingerprint density at radius 2 is 1.88 bits per heavy atom. The molecule has 0 aliphatic carbocycles. The number of carboxylic acids is 1. The lowest BCUT2D eigenvalue weighted by molar-refractivity contribution is -0.139. The molecule has 0 spiro atoms. The number of aliphatic carboxylic acids is 1. The average Bonchev–Trinajstić information content (AvgIpc) is 3.47. The zero-order valence-electron chi connectivity index (χ0n) is 28.5. The van der Waals surface area contributed by atoms with Crippen LogP contribution in [0, 0.1) is 5.41 Å². The lowest BCUT2D eigenvalue weighted by Crippen LogP contribution is -2.52. The Labute approximate surface area is 282 Å². The van der Waals surface area contributed by atoms with Gasteiger partial charge in [0, 0.05) is 70.1 Å². The molecule has 1 aliphatic heterocycles. The molecule has 0 saturated carbocycles. The van der Waals surface area contributed by atoms with E-state index in [9.17, 15) is 18.0 Å². The molecule has 13 nitrogen and oxygen atoms in total. The van der Waals surface area contributed by atoms with E-state index in [1.54, 1.807) is 32.5 Å². The first kappa shape index (κ1) is 35.7. The van der Waals surface area contributed by atoms with Crippen molar-refractivity contribution in [3.8, 4) is 28.7 Å². The number of H-pyrrole nitrogens is 1. The van der Waals surface area contributed by atoms with Gasteiger partial charge in [-0.15, -0.1) is 0 Å². The van der Waals surface area contributed by atoms with Crippen molar-refractivity contribution >= 4 is 28.6 Å². The zero-order valence-corrected chi connectivity index (χ0v) is 28.5. The molecule has 4 aromatic heterocycles. The number of rotatable bonds is 13. The summed E-state index contributed by atoms with van der Waals surface area (Å²) in [5.41, 5.74) is 1.19. The van der Waals surface area contributed by atoms with Gasteiger partial charge in [-0.2, -0.15) is 13.2 Å². The van der Waals surface area contributed by atoms with Crippen LogP contribution in [-0.4, -0.2) is 112 Å². The summed E-state index contributed by atoms with van der Waals surface area (Å²) in [7, 11) is 3.53. The van der Waals surface area contributed by atoms with Crippen molar-refractivity contribution in [3.63, 3.8) is 0 Å². The number of hydrogen-bond donors (Lipinski definition) is 2. The molecule has 16 heteroatoms. The number of ether oxygens (including phenoxy) is 2. The minimum Gasteiger partial charge on any atom is -0.481 e. The molecule has 0 amide bonds. The predicted octanol–water partition coefficient (Wildman–Crippen LogP) is 4.99. The van der Waals surface area contributed by atoms with E-state index in [2.05, 4.69) is 55.5 Å². The lowest BCUT2D eigenvalue weighted by Gasteiger charge is -2.40. The van der Waals surface area contributed by atoms with Crippen LogP contribution in [0.1, 0.15) is 39.7 Å². The monoisotopic (exact) mass is 685 g/mol. The maximum atomic E-state index is 14.0. The smallest absolute Gasteiger partial charge is 0.421 e. The number of anilines is 2. The summed E-state index contributed by atoms with van der Waals surface area (Å²) < 4.78 is 52.6. The van der Waals surface area contributed by atoms with Crippen LogP contribution < -0.4 is 14.5 Å². The Morgan fingerprint density at radius 1 is 1.10 bits per heavy atom. The fourth-order valence-electron chi connectivity index (χ4n) is 6.13. The van der Waals surface area contributed by atoms with E-state index in [0.717, 1.165) is 6.07 Å². The molecule has 1 fully saturated rings. The Kier molecular flexibility index (Phi) is 10.6. The summed E-state index contributed by atoms with van der Waals surface area (Å²) in [5.74, 6) is -0.214. The molecular weight excluding hydrogens is 643 g/mol. The van der Waals surface area contributed by atoms with Gasteiger partial charge in [-0.25, -0.2) is 24.9 Å². The highest BCUT2D eigenvalue weighted by atomic mass is 19.4. The van der Waals surface area contributed by atoms with Gasteiger partial charge in [0.2, 0.25) is 5.88 Å². The minimum absolute atomic E-state index is 0.0378. The molecule has 0 aromatic carbocycles. The number of nitrogens with zero attached hydrogens (tertiary/aromatic N) is 8. The summed E-state index contributed by atoms with van der Waals surface area (Å²) in [6, 6.07) is 2.86. The molecule has 4 aromatic rings. The van der Waals surface area contributed by atoms with Gasteiger partial charge >= 0.3 is 12.1 Å². The van der Waals surface area contributed by atoms with Crippen molar-refractivity contribution in [2.24, 2.45) is 5.41 Å². The van der Waals surface area contributed by atoms with Crippen LogP contribution in [0.2, 0.25) is 0 Å². The van der Waals surface area contributed by atoms with Gasteiger partial charge < -0.3 is 29.4 Å². The molecule has 5 rings (SSSR count). The molecule has 1 aliphatic rings. The van der Waals surface area contributed by atoms with Crippen molar-refractivity contribution in [3.05, 3.63) is 36.3 Å². The topological polar surface area (TPSA) is 146 Å². The molecule has 0 bridgehead atoms. The third-order valence-electron chi connectivity index (χ3n) is 8.37. The summed E-state index contributed by atoms with van der Waals surface area (Å²) in [6.45, 7) is 11.4. The first-order chi connectivity index (χ1) is 23.2. The summed E-state index contributed by atoms with van der Waals surface area (Å²) >= 11 is 0. The Bertz CT molecular complexity index is 1760. The molecule has 2 N–H and O–H groups in total. The van der Waals surface area contributed by atoms with Crippen molar-refractivity contribution in [2.75, 3.05) is 69.9 Å². The van der Waals surface area contributed by atoms with E-state index >= 15 is 0 Å². The first-order valence-electron chi connectivity index (χ1n) is 16.0. The van der Waals surface area contributed by atoms with Crippen LogP contribution in [0.4, 0.5) is 24.7 Å². The maximum Gasteiger partial charge on any atom is 0.421 e. The molecule has 49 heavy (non-hydrogen) atoms. The SMILES string of the molecule is CCOc1ncc(-c2cc(N(C)CC(C)(C)COC)c3[nH]c(-c4cnc(N5CCN(CCC(=O)O)[C@@H](C)C5)cn4)nc3n2)cc1C(F)(F)F. The number of hydrogen-bond acceptors (Lipinski definition) is 11. The van der Waals surface area contributed by atoms with Crippen LogP contribution in [-0.2, 0) is 15.7 Å². The van der Waals surface area contributed by atoms with Gasteiger partial charge in [0.15, 0.2) is 11.5 Å². The molecule has 5 heterocycles. The number of aromatic amines is 1. The number of methoxy groups -OCH3 is 1. The van der Waals surface area contributed by atoms with Crippen LogP contribution in [0.3, 0.4) is 0 Å². The molecule has 1 saturated heterocycles. The average molecular weight is 686 g/mol. The molecule has 264 valence electrons. The van der Waals surface area contributed by atoms with Gasteiger partial charge in [-0.3, -0.25) is 9.69 Å². The van der Waals surface area contributed by atoms with Gasteiger partial charge in [-0.05, 0) is 26.0 Å². The van der Waals surface area contributed by atoms with E-state index in [-0.39, 0.29) is 35.7 Å². The van der Waals surface area contributed by atoms with Crippen molar-refractivity contribution in [1.82, 2.24) is 34.8 Å². The van der Waals surface area contributed by atoms with E-state index in [0.29, 0.717) is 73.5 Å². The maximum absolute atomic E-state index is 14.0. The quantitative estimate of drug-likeness (QED) is 0.196. The third kappa shape index (κ3) is 8.36. The number of imidazole rings is 1. The van der Waals surface area contributed by atoms with E-state index in [1.807, 2.05) is 11.9 Å². The minimum atomic E-state index is -4.68. The third-order valence-corrected chi connectivity index (χ3v) is 8.37. The first-order valence-corrected chi connectivity index (χ1v) is 16.0. The molecule has 1 atom stereocenters. The lowest BCUT2D eigenvalue weighted by atomic mass is 9.94. The Hall–Kier alpha value is -4.57. The second-order valence-electron chi connectivity index (χ2n) is 13.0. The Morgan fingerprint density at radius 3 is 2.51 bits per heavy atom. The number of nitrogens with one attached hydrogen (secondary N) is 1. The van der Waals surface area contributed by atoms with Gasteiger partial charge in [0.05, 0.1) is 43.4 Å². The van der Waals surface area contributed by atoms with E-state index in [4.69, 9.17) is 19.6 Å². The number of aromatic nitrogens is 6. The number of carbonyl (C=O) groups is 1. The molecule has 0 unspecified atom stereocenters. The summed E-state index contributed by atoms with van der Waals surface area (Å²) in [6.07, 6.45) is 0.0220. The highest BCUT2D eigenvalue weighted by molar-refractivity contribution is 5.91. The molecular formula is C33H42F3N9O4. The van der Waals surface area contributed by atoms with Gasteiger partial charge in [-0.1, -0.05) is 13.8 Å². The van der Waals surface area contributed by atoms with Gasteiger partial charge in [0.1, 0.15) is 22.6 Å².